The Morgan fingerprint density at radius 1 is 1.12 bits per heavy atom. The van der Waals surface area contributed by atoms with E-state index in [0.29, 0.717) is 24.5 Å². The summed E-state index contributed by atoms with van der Waals surface area (Å²) in [6.07, 6.45) is 0. The van der Waals surface area contributed by atoms with Gasteiger partial charge in [-0.05, 0) is 43.7 Å². The summed E-state index contributed by atoms with van der Waals surface area (Å²) >= 11 is 0. The van der Waals surface area contributed by atoms with E-state index in [1.165, 1.54) is 6.07 Å². The molecule has 0 aliphatic carbocycles. The normalized spacial score (nSPS) is 10.2. The zero-order valence-electron chi connectivity index (χ0n) is 14.2. The molecule has 25 heavy (non-hydrogen) atoms. The summed E-state index contributed by atoms with van der Waals surface area (Å²) in [5.74, 6) is -0.261. The van der Waals surface area contributed by atoms with E-state index in [1.54, 1.807) is 18.2 Å². The number of rotatable bonds is 8. The van der Waals surface area contributed by atoms with Gasteiger partial charge in [-0.3, -0.25) is 4.79 Å². The molecule has 2 N–H and O–H groups in total. The Morgan fingerprint density at radius 3 is 2.64 bits per heavy atom. The maximum absolute atomic E-state index is 12.3. The van der Waals surface area contributed by atoms with Crippen LogP contribution in [-0.2, 0) is 11.3 Å². The van der Waals surface area contributed by atoms with E-state index in [-0.39, 0.29) is 5.91 Å². The average molecular weight is 343 g/mol. The molecule has 0 saturated carbocycles. The first-order valence-corrected chi connectivity index (χ1v) is 7.94. The van der Waals surface area contributed by atoms with Crippen molar-refractivity contribution in [2.24, 2.45) is 0 Å². The van der Waals surface area contributed by atoms with E-state index in [0.717, 1.165) is 16.9 Å². The summed E-state index contributed by atoms with van der Waals surface area (Å²) in [7, 11) is 0. The number of aryl methyl sites for hydroxylation is 1. The van der Waals surface area contributed by atoms with Crippen molar-refractivity contribution in [3.63, 3.8) is 0 Å². The Bertz CT molecular complexity index is 757. The number of carbonyl (C=O) groups excluding carboxylic acids is 1. The van der Waals surface area contributed by atoms with Crippen molar-refractivity contribution < 1.29 is 24.2 Å². The van der Waals surface area contributed by atoms with Crippen LogP contribution >= 0.6 is 0 Å². The molecular weight excluding hydrogens is 322 g/mol. The van der Waals surface area contributed by atoms with Gasteiger partial charge >= 0.3 is 5.97 Å². The van der Waals surface area contributed by atoms with Crippen molar-refractivity contribution >= 4 is 11.9 Å². The van der Waals surface area contributed by atoms with Crippen molar-refractivity contribution in [2.45, 2.75) is 20.4 Å². The van der Waals surface area contributed by atoms with Gasteiger partial charge in [0.1, 0.15) is 11.5 Å². The summed E-state index contributed by atoms with van der Waals surface area (Å²) in [6, 6.07) is 12.2. The summed E-state index contributed by atoms with van der Waals surface area (Å²) in [6.45, 7) is 4.31. The molecular formula is C19H21NO5. The second kappa shape index (κ2) is 8.73. The van der Waals surface area contributed by atoms with Crippen LogP contribution < -0.4 is 14.8 Å². The molecule has 0 atom stereocenters. The van der Waals surface area contributed by atoms with Crippen LogP contribution in [0.2, 0.25) is 0 Å². The fourth-order valence-corrected chi connectivity index (χ4v) is 2.25. The molecule has 0 aliphatic heterocycles. The lowest BCUT2D eigenvalue weighted by molar-refractivity contribution is -0.139. The van der Waals surface area contributed by atoms with E-state index >= 15 is 0 Å². The summed E-state index contributed by atoms with van der Waals surface area (Å²) in [4.78, 5) is 22.9. The molecule has 1 amide bonds. The Balaban J connectivity index is 2.03. The Labute approximate surface area is 146 Å². The number of carboxylic acid groups (broad SMARTS) is 1. The SMILES string of the molecule is CCOc1cc(C)ccc1CNC(=O)c1cccc(OCC(=O)O)c1. The lowest BCUT2D eigenvalue weighted by atomic mass is 10.1. The van der Waals surface area contributed by atoms with Gasteiger partial charge in [-0.2, -0.15) is 0 Å². The van der Waals surface area contributed by atoms with Crippen LogP contribution in [0.15, 0.2) is 42.5 Å². The van der Waals surface area contributed by atoms with E-state index in [2.05, 4.69) is 5.32 Å². The molecule has 0 unspecified atom stereocenters. The molecule has 6 heteroatoms. The van der Waals surface area contributed by atoms with Gasteiger partial charge in [0, 0.05) is 17.7 Å². The first kappa shape index (κ1) is 18.3. The number of hydrogen-bond acceptors (Lipinski definition) is 4. The quantitative estimate of drug-likeness (QED) is 0.770. The lowest BCUT2D eigenvalue weighted by Crippen LogP contribution is -2.23. The van der Waals surface area contributed by atoms with Crippen LogP contribution in [-0.4, -0.2) is 30.2 Å². The molecule has 0 radical (unpaired) electrons. The third-order valence-electron chi connectivity index (χ3n) is 3.42. The highest BCUT2D eigenvalue weighted by molar-refractivity contribution is 5.94. The molecule has 2 rings (SSSR count). The molecule has 0 spiro atoms. The van der Waals surface area contributed by atoms with Gasteiger partial charge in [-0.15, -0.1) is 0 Å². The fourth-order valence-electron chi connectivity index (χ4n) is 2.25. The van der Waals surface area contributed by atoms with Gasteiger partial charge in [-0.1, -0.05) is 18.2 Å². The van der Waals surface area contributed by atoms with Crippen molar-refractivity contribution in [3.05, 3.63) is 59.2 Å². The molecule has 6 nitrogen and oxygen atoms in total. The number of carbonyl (C=O) groups is 2. The highest BCUT2D eigenvalue weighted by Crippen LogP contribution is 2.20. The Kier molecular flexibility index (Phi) is 6.39. The molecule has 0 saturated heterocycles. The zero-order chi connectivity index (χ0) is 18.2. The van der Waals surface area contributed by atoms with Crippen LogP contribution in [0.4, 0.5) is 0 Å². The molecule has 132 valence electrons. The number of ether oxygens (including phenoxy) is 2. The van der Waals surface area contributed by atoms with Crippen molar-refractivity contribution in [3.8, 4) is 11.5 Å². The van der Waals surface area contributed by atoms with Gasteiger partial charge in [-0.25, -0.2) is 4.79 Å². The number of amides is 1. The van der Waals surface area contributed by atoms with Crippen LogP contribution in [0.1, 0.15) is 28.4 Å². The van der Waals surface area contributed by atoms with Crippen molar-refractivity contribution in [1.29, 1.82) is 0 Å². The molecule has 2 aromatic carbocycles. The van der Waals surface area contributed by atoms with E-state index in [4.69, 9.17) is 14.6 Å². The van der Waals surface area contributed by atoms with Crippen LogP contribution in [0.5, 0.6) is 11.5 Å². The van der Waals surface area contributed by atoms with E-state index in [9.17, 15) is 9.59 Å². The Morgan fingerprint density at radius 2 is 1.92 bits per heavy atom. The van der Waals surface area contributed by atoms with Gasteiger partial charge in [0.2, 0.25) is 0 Å². The van der Waals surface area contributed by atoms with Crippen LogP contribution in [0, 0.1) is 6.92 Å². The molecule has 0 fully saturated rings. The highest BCUT2D eigenvalue weighted by Gasteiger charge is 2.10. The van der Waals surface area contributed by atoms with Gasteiger partial charge in [0.15, 0.2) is 6.61 Å². The minimum absolute atomic E-state index is 0.274. The topological polar surface area (TPSA) is 84.9 Å². The predicted octanol–water partition coefficient (Wildman–Crippen LogP) is 2.79. The maximum atomic E-state index is 12.3. The highest BCUT2D eigenvalue weighted by atomic mass is 16.5. The Hall–Kier alpha value is -3.02. The predicted molar refractivity (Wildman–Crippen MR) is 93.1 cm³/mol. The first-order chi connectivity index (χ1) is 12.0. The summed E-state index contributed by atoms with van der Waals surface area (Å²) < 4.78 is 10.7. The second-order valence-corrected chi connectivity index (χ2v) is 5.44. The van der Waals surface area contributed by atoms with Gasteiger partial charge in [0.05, 0.1) is 6.61 Å². The molecule has 2 aromatic rings. The van der Waals surface area contributed by atoms with E-state index in [1.807, 2.05) is 32.0 Å². The molecule has 0 aliphatic rings. The minimum Gasteiger partial charge on any atom is -0.494 e. The first-order valence-electron chi connectivity index (χ1n) is 7.94. The number of nitrogens with one attached hydrogen (secondary N) is 1. The summed E-state index contributed by atoms with van der Waals surface area (Å²) in [5.41, 5.74) is 2.37. The average Bonchev–Trinajstić information content (AvgIpc) is 2.59. The smallest absolute Gasteiger partial charge is 0.341 e. The zero-order valence-corrected chi connectivity index (χ0v) is 14.2. The third kappa shape index (κ3) is 5.53. The van der Waals surface area contributed by atoms with Crippen molar-refractivity contribution in [2.75, 3.05) is 13.2 Å². The number of hydrogen-bond donors (Lipinski definition) is 2. The molecule has 0 bridgehead atoms. The maximum Gasteiger partial charge on any atom is 0.341 e. The van der Waals surface area contributed by atoms with Crippen LogP contribution in [0.3, 0.4) is 0 Å². The third-order valence-corrected chi connectivity index (χ3v) is 3.42. The molecule has 0 aromatic heterocycles. The van der Waals surface area contributed by atoms with Crippen molar-refractivity contribution in [1.82, 2.24) is 5.32 Å². The largest absolute Gasteiger partial charge is 0.494 e. The van der Waals surface area contributed by atoms with Crippen LogP contribution in [0.25, 0.3) is 0 Å². The second-order valence-electron chi connectivity index (χ2n) is 5.44. The van der Waals surface area contributed by atoms with E-state index < -0.39 is 12.6 Å². The molecule has 0 heterocycles. The summed E-state index contributed by atoms with van der Waals surface area (Å²) in [5, 5.41) is 11.5. The lowest BCUT2D eigenvalue weighted by Gasteiger charge is -2.12. The number of benzene rings is 2. The van der Waals surface area contributed by atoms with Gasteiger partial charge in [0.25, 0.3) is 5.91 Å². The fraction of sp³-hybridized carbons (Fsp3) is 0.263. The minimum atomic E-state index is -1.07. The van der Waals surface area contributed by atoms with Gasteiger partial charge < -0.3 is 19.9 Å². The number of aliphatic carboxylic acids is 1. The standard InChI is InChI=1S/C19H21NO5/c1-3-24-17-9-13(2)7-8-15(17)11-20-19(23)14-5-4-6-16(10-14)25-12-18(21)22/h4-10H,3,11-12H2,1-2H3,(H,20,23)(H,21,22). The monoisotopic (exact) mass is 343 g/mol. The number of carboxylic acids is 1.